The molecular formula is C45H57N13O7S. The zero-order valence-electron chi connectivity index (χ0n) is 38.1. The highest BCUT2D eigenvalue weighted by Crippen LogP contribution is 2.34. The predicted molar refractivity (Wildman–Crippen MR) is 251 cm³/mol. The van der Waals surface area contributed by atoms with Crippen LogP contribution in [-0.4, -0.2) is 119 Å². The summed E-state index contributed by atoms with van der Waals surface area (Å²) in [6.45, 7) is 14.2. The van der Waals surface area contributed by atoms with Crippen molar-refractivity contribution in [2.24, 2.45) is 11.5 Å². The van der Waals surface area contributed by atoms with Crippen molar-refractivity contribution in [1.29, 1.82) is 0 Å². The Balaban J connectivity index is 1.22. The first-order chi connectivity index (χ1) is 31.7. The number of allylic oxidation sites excluding steroid dienone is 2. The molecule has 0 saturated carbocycles. The van der Waals surface area contributed by atoms with E-state index in [1.54, 1.807) is 40.4 Å². The molecule has 21 heteroatoms. The highest BCUT2D eigenvalue weighted by Gasteiger charge is 2.25. The number of ether oxygens (including phenoxy) is 2. The van der Waals surface area contributed by atoms with Crippen LogP contribution in [0, 0.1) is 13.8 Å². The molecule has 2 aromatic carbocycles. The van der Waals surface area contributed by atoms with E-state index < -0.39 is 18.0 Å². The Hall–Kier alpha value is -6.68. The summed E-state index contributed by atoms with van der Waals surface area (Å²) in [6.07, 6.45) is 4.16. The molecule has 4 aromatic heterocycles. The highest BCUT2D eigenvalue weighted by atomic mass is 32.1. The second-order valence-corrected chi connectivity index (χ2v) is 17.0. The lowest BCUT2D eigenvalue weighted by atomic mass is 10.1. The Kier molecular flexibility index (Phi) is 14.8. The molecule has 1 fully saturated rings. The molecule has 6 aromatic rings. The van der Waals surface area contributed by atoms with E-state index in [2.05, 4.69) is 25.6 Å². The monoisotopic (exact) mass is 923 g/mol. The number of carbonyl (C=O) groups excluding carboxylic acids is 4. The minimum Gasteiger partial charge on any atom is -0.494 e. The number of aliphatic hydroxyl groups excluding tert-OH is 1. The number of nitrogens with one attached hydrogen (secondary N) is 2. The van der Waals surface area contributed by atoms with Crippen molar-refractivity contribution in [1.82, 2.24) is 43.7 Å². The molecule has 1 aliphatic rings. The molecule has 1 saturated heterocycles. The number of aromatic nitrogens is 7. The third-order valence-corrected chi connectivity index (χ3v) is 12.4. The van der Waals surface area contributed by atoms with Crippen molar-refractivity contribution in [3.8, 4) is 11.5 Å². The number of nitrogens with two attached hydrogens (primary N) is 2. The molecule has 20 nitrogen and oxygen atoms in total. The summed E-state index contributed by atoms with van der Waals surface area (Å²) in [6, 6.07) is 8.11. The lowest BCUT2D eigenvalue weighted by Gasteiger charge is -2.34. The van der Waals surface area contributed by atoms with E-state index in [0.717, 1.165) is 24.6 Å². The average molecular weight is 924 g/mol. The molecule has 0 radical (unpaired) electrons. The first kappa shape index (κ1) is 47.3. The van der Waals surface area contributed by atoms with E-state index >= 15 is 0 Å². The van der Waals surface area contributed by atoms with Gasteiger partial charge in [0.2, 0.25) is 23.7 Å². The number of primary amides is 1. The Bertz CT molecular complexity index is 2800. The number of aliphatic hydroxyl groups is 1. The first-order valence-electron chi connectivity index (χ1n) is 22.0. The van der Waals surface area contributed by atoms with Crippen molar-refractivity contribution in [2.75, 3.05) is 57.1 Å². The fraction of sp³-hybridized carbons (Fsp3) is 0.422. The van der Waals surface area contributed by atoms with E-state index in [-0.39, 0.29) is 42.4 Å². The standard InChI is InChI=1S/C45H57N13O7S/c1-7-30-39(66-27(5)48-30)43(63)52-45-50-32-23-29(41(47)61)25-35(65-20-12-13-54-16-18-55(19-17-54)36(59)8-2)38(32)57(45)15-11-10-14-56-37-31(22-28(40(46)60)24-34(37)64-6)49-44(56)51-42(62)33-21-26(4)53-58(33)9-3/h10-11,21-25,41,61H,7-9,12-20,47H2,1-6H3,(H2,46,60)(H,49,51,62)(H,50,52,63)/b11-10+. The second kappa shape index (κ2) is 20.7. The largest absolute Gasteiger partial charge is 0.494 e. The average Bonchev–Trinajstić information content (AvgIpc) is 4.07. The van der Waals surface area contributed by atoms with Crippen LogP contribution in [0.15, 0.2) is 42.5 Å². The summed E-state index contributed by atoms with van der Waals surface area (Å²) in [5.74, 6) is -0.153. The third kappa shape index (κ3) is 10.2. The minimum absolute atomic E-state index is 0.162. The smallest absolute Gasteiger partial charge is 0.276 e. The topological polar surface area (TPSA) is 256 Å². The Labute approximate surface area is 385 Å². The Morgan fingerprint density at radius 3 is 2.14 bits per heavy atom. The van der Waals surface area contributed by atoms with Gasteiger partial charge in [0.15, 0.2) is 0 Å². The molecule has 1 aliphatic heterocycles. The number of amides is 4. The maximum atomic E-state index is 13.9. The van der Waals surface area contributed by atoms with Crippen LogP contribution in [0.4, 0.5) is 11.9 Å². The SMILES string of the molecule is CCC(=O)N1CCN(CCCOc2cc(C(N)O)cc3nc(NC(=O)c4sc(C)nc4CC)n(C/C=C/Cn4c(NC(=O)c5cc(C)nn5CC)nc5cc(C(N)=O)cc(OC)c54)c23)CC1. The molecule has 0 spiro atoms. The van der Waals surface area contributed by atoms with Gasteiger partial charge in [0, 0.05) is 69.9 Å². The molecule has 350 valence electrons. The van der Waals surface area contributed by atoms with E-state index in [0.29, 0.717) is 107 Å². The van der Waals surface area contributed by atoms with Crippen molar-refractivity contribution in [3.63, 3.8) is 0 Å². The molecule has 5 heterocycles. The van der Waals surface area contributed by atoms with Gasteiger partial charge in [-0.25, -0.2) is 15.0 Å². The van der Waals surface area contributed by atoms with Crippen LogP contribution in [0.2, 0.25) is 0 Å². The molecular weight excluding hydrogens is 867 g/mol. The van der Waals surface area contributed by atoms with E-state index in [1.807, 2.05) is 49.3 Å². The lowest BCUT2D eigenvalue weighted by Crippen LogP contribution is -2.48. The van der Waals surface area contributed by atoms with Gasteiger partial charge in [-0.2, -0.15) is 5.10 Å². The van der Waals surface area contributed by atoms with Crippen LogP contribution in [0.1, 0.15) is 92.3 Å². The molecule has 4 amide bonds. The molecule has 0 bridgehead atoms. The van der Waals surface area contributed by atoms with E-state index in [1.165, 1.54) is 24.5 Å². The quantitative estimate of drug-likeness (QED) is 0.0430. The third-order valence-electron chi connectivity index (χ3n) is 11.4. The van der Waals surface area contributed by atoms with Gasteiger partial charge < -0.3 is 40.1 Å². The van der Waals surface area contributed by atoms with Gasteiger partial charge >= 0.3 is 0 Å². The van der Waals surface area contributed by atoms with Gasteiger partial charge in [-0.15, -0.1) is 11.3 Å². The number of anilines is 2. The number of methoxy groups -OCH3 is 1. The highest BCUT2D eigenvalue weighted by molar-refractivity contribution is 7.13. The van der Waals surface area contributed by atoms with Gasteiger partial charge in [0.05, 0.1) is 41.1 Å². The van der Waals surface area contributed by atoms with E-state index in [4.69, 9.17) is 30.9 Å². The minimum atomic E-state index is -1.32. The predicted octanol–water partition coefficient (Wildman–Crippen LogP) is 4.38. The zero-order chi connectivity index (χ0) is 47.2. The van der Waals surface area contributed by atoms with Crippen molar-refractivity contribution in [2.45, 2.75) is 79.7 Å². The summed E-state index contributed by atoms with van der Waals surface area (Å²) in [5, 5.41) is 21.7. The number of imidazole rings is 2. The van der Waals surface area contributed by atoms with Gasteiger partial charge in [0.25, 0.3) is 11.8 Å². The van der Waals surface area contributed by atoms with Crippen molar-refractivity contribution >= 4 is 68.9 Å². The molecule has 0 aliphatic carbocycles. The number of rotatable bonds is 19. The molecule has 1 atom stereocenters. The number of nitrogens with zero attached hydrogens (tertiary/aromatic N) is 9. The van der Waals surface area contributed by atoms with Crippen molar-refractivity contribution in [3.05, 3.63) is 80.6 Å². The number of benzene rings is 2. The van der Waals surface area contributed by atoms with Gasteiger partial charge in [-0.1, -0.05) is 26.0 Å². The number of hydrogen-bond acceptors (Lipinski definition) is 14. The number of carbonyl (C=O) groups is 4. The summed E-state index contributed by atoms with van der Waals surface area (Å²) in [5.41, 5.74) is 15.8. The van der Waals surface area contributed by atoms with Gasteiger partial charge in [-0.3, -0.25) is 39.4 Å². The number of piperazine rings is 1. The number of hydrogen-bond donors (Lipinski definition) is 5. The maximum Gasteiger partial charge on any atom is 0.276 e. The molecule has 66 heavy (non-hydrogen) atoms. The summed E-state index contributed by atoms with van der Waals surface area (Å²) in [7, 11) is 1.47. The maximum absolute atomic E-state index is 13.9. The fourth-order valence-corrected chi connectivity index (χ4v) is 8.96. The molecule has 7 N–H and O–H groups in total. The van der Waals surface area contributed by atoms with Crippen LogP contribution in [-0.2, 0) is 30.8 Å². The summed E-state index contributed by atoms with van der Waals surface area (Å²) in [4.78, 5) is 70.9. The Morgan fingerprint density at radius 1 is 0.879 bits per heavy atom. The van der Waals surface area contributed by atoms with Gasteiger partial charge in [0.1, 0.15) is 39.3 Å². The summed E-state index contributed by atoms with van der Waals surface area (Å²) >= 11 is 1.30. The second-order valence-electron chi connectivity index (χ2n) is 15.8. The van der Waals surface area contributed by atoms with Crippen LogP contribution in [0.3, 0.4) is 0 Å². The van der Waals surface area contributed by atoms with Crippen LogP contribution < -0.4 is 31.6 Å². The summed E-state index contributed by atoms with van der Waals surface area (Å²) < 4.78 is 17.4. The van der Waals surface area contributed by atoms with Crippen molar-refractivity contribution < 1.29 is 33.8 Å². The zero-order valence-corrected chi connectivity index (χ0v) is 38.9. The van der Waals surface area contributed by atoms with Gasteiger partial charge in [-0.05, 0) is 63.9 Å². The molecule has 1 unspecified atom stereocenters. The number of aryl methyl sites for hydroxylation is 4. The first-order valence-corrected chi connectivity index (χ1v) is 22.8. The lowest BCUT2D eigenvalue weighted by molar-refractivity contribution is -0.132. The normalized spacial score (nSPS) is 13.8. The van der Waals surface area contributed by atoms with E-state index in [9.17, 15) is 24.3 Å². The number of fused-ring (bicyclic) bond motifs is 2. The van der Waals surface area contributed by atoms with Crippen LogP contribution in [0.5, 0.6) is 11.5 Å². The molecule has 7 rings (SSSR count). The van der Waals surface area contributed by atoms with Crippen LogP contribution >= 0.6 is 11.3 Å². The Morgan fingerprint density at radius 2 is 1.53 bits per heavy atom. The fourth-order valence-electron chi connectivity index (χ4n) is 8.06. The number of thiazole rings is 1. The van der Waals surface area contributed by atoms with Crippen LogP contribution in [0.25, 0.3) is 22.1 Å².